The summed E-state index contributed by atoms with van der Waals surface area (Å²) in [5.41, 5.74) is -0.274. The molecule has 0 bridgehead atoms. The number of hydrogen-bond acceptors (Lipinski definition) is 5. The number of nitrogens with one attached hydrogen (secondary N) is 3. The largest absolute Gasteiger partial charge is 0.381 e. The van der Waals surface area contributed by atoms with E-state index in [4.69, 9.17) is 16.3 Å². The van der Waals surface area contributed by atoms with Gasteiger partial charge in [-0.25, -0.2) is 0 Å². The second-order valence-electron chi connectivity index (χ2n) is 8.84. The fraction of sp³-hybridized carbons (Fsp3) is 0.900. The molecular formula is C20H34BrClN4O3. The van der Waals surface area contributed by atoms with Crippen molar-refractivity contribution in [2.75, 3.05) is 26.8 Å². The topological polar surface area (TPSA) is 82.7 Å². The molecule has 166 valence electrons. The number of piperidine rings is 2. The number of carbonyl (C=O) groups excluding carboxylic acids is 2. The number of ether oxygens (including phenoxy) is 1. The van der Waals surface area contributed by atoms with Gasteiger partial charge in [-0.3, -0.25) is 19.8 Å². The first-order valence-corrected chi connectivity index (χ1v) is 12.0. The van der Waals surface area contributed by atoms with Crippen LogP contribution in [-0.4, -0.2) is 78.0 Å². The number of amides is 2. The van der Waals surface area contributed by atoms with Gasteiger partial charge in [-0.1, -0.05) is 22.9 Å². The molecule has 0 radical (unpaired) electrons. The summed E-state index contributed by atoms with van der Waals surface area (Å²) in [5, 5.41) is 9.21. The van der Waals surface area contributed by atoms with Gasteiger partial charge in [0.05, 0.1) is 16.2 Å². The van der Waals surface area contributed by atoms with E-state index in [0.717, 1.165) is 38.9 Å². The van der Waals surface area contributed by atoms with Gasteiger partial charge in [0.2, 0.25) is 11.8 Å². The summed E-state index contributed by atoms with van der Waals surface area (Å²) in [4.78, 5) is 27.6. The van der Waals surface area contributed by atoms with Gasteiger partial charge in [0, 0.05) is 37.9 Å². The van der Waals surface area contributed by atoms with Crippen LogP contribution in [0, 0.1) is 11.8 Å². The van der Waals surface area contributed by atoms with Gasteiger partial charge in [-0.05, 0) is 45.6 Å². The van der Waals surface area contributed by atoms with Gasteiger partial charge < -0.3 is 15.4 Å². The van der Waals surface area contributed by atoms with E-state index in [1.165, 1.54) is 0 Å². The smallest absolute Gasteiger partial charge is 0.238 e. The molecule has 3 saturated heterocycles. The molecule has 3 aliphatic rings. The third kappa shape index (κ3) is 5.64. The molecular weight excluding hydrogens is 460 g/mol. The van der Waals surface area contributed by atoms with E-state index >= 15 is 0 Å². The summed E-state index contributed by atoms with van der Waals surface area (Å²) in [7, 11) is 2.12. The summed E-state index contributed by atoms with van der Waals surface area (Å²) in [6.07, 6.45) is 3.68. The molecule has 9 heteroatoms. The molecule has 3 rings (SSSR count). The van der Waals surface area contributed by atoms with E-state index in [9.17, 15) is 9.59 Å². The predicted molar refractivity (Wildman–Crippen MR) is 117 cm³/mol. The van der Waals surface area contributed by atoms with E-state index in [-0.39, 0.29) is 46.1 Å². The number of nitrogens with zero attached hydrogens (tertiary/aromatic N) is 1. The fourth-order valence-corrected chi connectivity index (χ4v) is 6.20. The minimum Gasteiger partial charge on any atom is -0.381 e. The van der Waals surface area contributed by atoms with Gasteiger partial charge in [-0.2, -0.15) is 0 Å². The zero-order valence-electron chi connectivity index (χ0n) is 17.5. The number of hydrogen-bond donors (Lipinski definition) is 3. The molecule has 0 aliphatic carbocycles. The monoisotopic (exact) mass is 492 g/mol. The van der Waals surface area contributed by atoms with Crippen molar-refractivity contribution in [2.45, 2.75) is 74.0 Å². The average Bonchev–Trinajstić information content (AvgIpc) is 2.68. The van der Waals surface area contributed by atoms with Gasteiger partial charge in [0.1, 0.15) is 6.04 Å². The van der Waals surface area contributed by atoms with E-state index in [2.05, 4.69) is 50.8 Å². The third-order valence-electron chi connectivity index (χ3n) is 6.70. The van der Waals surface area contributed by atoms with Crippen LogP contribution in [0.15, 0.2) is 0 Å². The van der Waals surface area contributed by atoms with Gasteiger partial charge in [0.25, 0.3) is 0 Å². The van der Waals surface area contributed by atoms with E-state index in [1.54, 1.807) is 0 Å². The highest BCUT2D eigenvalue weighted by atomic mass is 79.9. The Kier molecular flexibility index (Phi) is 8.23. The first-order valence-electron chi connectivity index (χ1n) is 10.7. The Balaban J connectivity index is 1.59. The molecule has 7 unspecified atom stereocenters. The van der Waals surface area contributed by atoms with Crippen LogP contribution in [0.5, 0.6) is 0 Å². The Labute approximate surface area is 187 Å². The third-order valence-corrected chi connectivity index (χ3v) is 8.14. The molecule has 0 saturated carbocycles. The van der Waals surface area contributed by atoms with Crippen molar-refractivity contribution in [1.82, 2.24) is 20.9 Å². The highest BCUT2D eigenvalue weighted by Crippen LogP contribution is 2.30. The molecule has 0 spiro atoms. The second kappa shape index (κ2) is 10.3. The molecule has 0 aromatic carbocycles. The Hall–Kier alpha value is -0.410. The first-order chi connectivity index (χ1) is 13.8. The molecule has 3 heterocycles. The summed E-state index contributed by atoms with van der Waals surface area (Å²) in [5.74, 6) is -0.0385. The Morgan fingerprint density at radius 2 is 2.00 bits per heavy atom. The van der Waals surface area contributed by atoms with Crippen molar-refractivity contribution >= 4 is 39.3 Å². The predicted octanol–water partition coefficient (Wildman–Crippen LogP) is 1.43. The number of halogens is 2. The average molecular weight is 494 g/mol. The van der Waals surface area contributed by atoms with E-state index < -0.39 is 6.04 Å². The maximum absolute atomic E-state index is 13.0. The van der Waals surface area contributed by atoms with Crippen LogP contribution in [0.1, 0.15) is 39.5 Å². The summed E-state index contributed by atoms with van der Waals surface area (Å²) in [6.45, 7) is 6.00. The first kappa shape index (κ1) is 23.3. The summed E-state index contributed by atoms with van der Waals surface area (Å²) >= 11 is 10.3. The lowest BCUT2D eigenvalue weighted by atomic mass is 9.84. The van der Waals surface area contributed by atoms with Crippen LogP contribution in [0.2, 0.25) is 0 Å². The van der Waals surface area contributed by atoms with Crippen LogP contribution in [-0.2, 0) is 14.3 Å². The zero-order valence-corrected chi connectivity index (χ0v) is 19.8. The Morgan fingerprint density at radius 3 is 2.66 bits per heavy atom. The van der Waals surface area contributed by atoms with Crippen LogP contribution in [0.4, 0.5) is 0 Å². The highest BCUT2D eigenvalue weighted by Gasteiger charge is 2.43. The molecule has 7 atom stereocenters. The lowest BCUT2D eigenvalue weighted by molar-refractivity contribution is -0.130. The zero-order chi connectivity index (χ0) is 21.1. The summed E-state index contributed by atoms with van der Waals surface area (Å²) in [6, 6.07) is 0.331. The minimum atomic E-state index is -0.445. The van der Waals surface area contributed by atoms with Crippen LogP contribution >= 0.6 is 27.5 Å². The van der Waals surface area contributed by atoms with Gasteiger partial charge in [0.15, 0.2) is 0 Å². The van der Waals surface area contributed by atoms with Crippen LogP contribution in [0.25, 0.3) is 0 Å². The van der Waals surface area contributed by atoms with Crippen molar-refractivity contribution in [3.05, 3.63) is 0 Å². The second-order valence-corrected chi connectivity index (χ2v) is 10.4. The highest BCUT2D eigenvalue weighted by molar-refractivity contribution is 9.09. The number of alkyl halides is 2. The van der Waals surface area contributed by atoms with Crippen molar-refractivity contribution in [2.24, 2.45) is 11.8 Å². The molecule has 29 heavy (non-hydrogen) atoms. The number of carbonyl (C=O) groups is 2. The van der Waals surface area contributed by atoms with Crippen LogP contribution < -0.4 is 16.0 Å². The lowest BCUT2D eigenvalue weighted by Gasteiger charge is -2.45. The normalized spacial score (nSPS) is 39.2. The van der Waals surface area contributed by atoms with Crippen molar-refractivity contribution in [3.63, 3.8) is 0 Å². The molecule has 3 fully saturated rings. The molecule has 7 nitrogen and oxygen atoms in total. The molecule has 3 aliphatic heterocycles. The molecule has 0 aromatic heterocycles. The SMILES string of the molecule is CC1CC(C)C(CNC(=O)C2NC(Cl)CC(N(C)C3CCOCC3)C2Br)C(=O)N1. The summed E-state index contributed by atoms with van der Waals surface area (Å²) < 4.78 is 5.48. The number of rotatable bonds is 5. The van der Waals surface area contributed by atoms with Crippen molar-refractivity contribution in [1.29, 1.82) is 0 Å². The quantitative estimate of drug-likeness (QED) is 0.399. The Bertz CT molecular complexity index is 592. The van der Waals surface area contributed by atoms with Gasteiger partial charge >= 0.3 is 0 Å². The van der Waals surface area contributed by atoms with Crippen LogP contribution in [0.3, 0.4) is 0 Å². The maximum atomic E-state index is 13.0. The standard InChI is InChI=1S/C20H34BrClN4O3/c1-11-8-12(2)24-19(27)14(11)10-23-20(28)18-17(21)15(9-16(22)25-18)26(3)13-4-6-29-7-5-13/h11-18,25H,4-10H2,1-3H3,(H,23,28)(H,24,27). The molecule has 3 N–H and O–H groups in total. The van der Waals surface area contributed by atoms with E-state index in [0.29, 0.717) is 12.6 Å². The maximum Gasteiger partial charge on any atom is 0.238 e. The minimum absolute atomic E-state index is 0.0240. The van der Waals surface area contributed by atoms with Crippen molar-refractivity contribution < 1.29 is 14.3 Å². The lowest BCUT2D eigenvalue weighted by Crippen LogP contribution is -2.64. The molecule has 0 aromatic rings. The van der Waals surface area contributed by atoms with E-state index in [1.807, 2.05) is 6.92 Å². The molecule has 2 amide bonds. The van der Waals surface area contributed by atoms with Crippen molar-refractivity contribution in [3.8, 4) is 0 Å². The van der Waals surface area contributed by atoms with Gasteiger partial charge in [-0.15, -0.1) is 11.6 Å². The Morgan fingerprint density at radius 1 is 1.31 bits per heavy atom. The fourth-order valence-electron chi connectivity index (χ4n) is 4.90.